The van der Waals surface area contributed by atoms with Crippen LogP contribution in [0.4, 0.5) is 0 Å². The molecule has 1 saturated carbocycles. The van der Waals surface area contributed by atoms with Gasteiger partial charge >= 0.3 is 0 Å². The fraction of sp³-hybridized carbons (Fsp3) is 0.933. The Hall–Kier alpha value is -0.580. The van der Waals surface area contributed by atoms with Crippen LogP contribution in [0.15, 0.2) is 0 Å². The largest absolute Gasteiger partial charge is 0.356 e. The average molecular weight is 301 g/mol. The molecule has 0 unspecified atom stereocenters. The van der Waals surface area contributed by atoms with Crippen LogP contribution < -0.4 is 5.32 Å². The molecule has 5 heteroatoms. The third kappa shape index (κ3) is 4.76. The van der Waals surface area contributed by atoms with Gasteiger partial charge in [-0.2, -0.15) is 0 Å². The SMILES string of the molecule is CCC1CCC(CNC(=O)C[C@H]2CCS(=O)(=O)C2)CC1. The fourth-order valence-electron chi connectivity index (χ4n) is 3.47. The van der Waals surface area contributed by atoms with E-state index in [-0.39, 0.29) is 23.3 Å². The van der Waals surface area contributed by atoms with E-state index in [9.17, 15) is 13.2 Å². The van der Waals surface area contributed by atoms with E-state index in [1.165, 1.54) is 32.1 Å². The second-order valence-corrected chi connectivity index (χ2v) is 8.80. The Balaban J connectivity index is 1.63. The zero-order chi connectivity index (χ0) is 14.6. The van der Waals surface area contributed by atoms with Gasteiger partial charge in [-0.1, -0.05) is 26.2 Å². The molecule has 1 amide bonds. The minimum atomic E-state index is -2.87. The van der Waals surface area contributed by atoms with Crippen LogP contribution in [0.5, 0.6) is 0 Å². The summed E-state index contributed by atoms with van der Waals surface area (Å²) in [7, 11) is -2.87. The molecule has 1 N–H and O–H groups in total. The Labute approximate surface area is 122 Å². The molecule has 0 spiro atoms. The smallest absolute Gasteiger partial charge is 0.220 e. The van der Waals surface area contributed by atoms with E-state index < -0.39 is 9.84 Å². The van der Waals surface area contributed by atoms with Crippen LogP contribution in [-0.2, 0) is 14.6 Å². The van der Waals surface area contributed by atoms with Crippen LogP contribution >= 0.6 is 0 Å². The first-order chi connectivity index (χ1) is 9.48. The molecule has 2 aliphatic rings. The molecule has 0 radical (unpaired) electrons. The van der Waals surface area contributed by atoms with Gasteiger partial charge in [-0.15, -0.1) is 0 Å². The Morgan fingerprint density at radius 1 is 1.05 bits per heavy atom. The van der Waals surface area contributed by atoms with Crippen LogP contribution in [-0.4, -0.2) is 32.4 Å². The van der Waals surface area contributed by atoms with Crippen LogP contribution in [0.25, 0.3) is 0 Å². The molecule has 116 valence electrons. The Bertz CT molecular complexity index is 424. The number of nitrogens with one attached hydrogen (secondary N) is 1. The highest BCUT2D eigenvalue weighted by atomic mass is 32.2. The number of hydrogen-bond donors (Lipinski definition) is 1. The van der Waals surface area contributed by atoms with Crippen molar-refractivity contribution >= 4 is 15.7 Å². The summed E-state index contributed by atoms with van der Waals surface area (Å²) in [6.07, 6.45) is 7.32. The third-order valence-corrected chi connectivity index (χ3v) is 6.77. The number of sulfone groups is 1. The molecule has 20 heavy (non-hydrogen) atoms. The van der Waals surface area contributed by atoms with E-state index in [1.807, 2.05) is 0 Å². The molecule has 1 atom stereocenters. The lowest BCUT2D eigenvalue weighted by atomic mass is 9.81. The summed E-state index contributed by atoms with van der Waals surface area (Å²) in [6, 6.07) is 0. The number of hydrogen-bond acceptors (Lipinski definition) is 3. The molecule has 1 aliphatic carbocycles. The van der Waals surface area contributed by atoms with Gasteiger partial charge in [-0.3, -0.25) is 4.79 Å². The highest BCUT2D eigenvalue weighted by Gasteiger charge is 2.29. The van der Waals surface area contributed by atoms with E-state index >= 15 is 0 Å². The maximum absolute atomic E-state index is 11.9. The zero-order valence-electron chi connectivity index (χ0n) is 12.4. The first kappa shape index (κ1) is 15.8. The van der Waals surface area contributed by atoms with Crippen molar-refractivity contribution in [3.63, 3.8) is 0 Å². The quantitative estimate of drug-likeness (QED) is 0.846. The van der Waals surface area contributed by atoms with Crippen LogP contribution in [0.3, 0.4) is 0 Å². The molecular formula is C15H27NO3S. The number of amides is 1. The molecule has 2 fully saturated rings. The van der Waals surface area contributed by atoms with Crippen LogP contribution in [0.2, 0.25) is 0 Å². The van der Waals surface area contributed by atoms with Crippen molar-refractivity contribution in [1.29, 1.82) is 0 Å². The highest BCUT2D eigenvalue weighted by Crippen LogP contribution is 2.30. The highest BCUT2D eigenvalue weighted by molar-refractivity contribution is 7.91. The lowest BCUT2D eigenvalue weighted by molar-refractivity contribution is -0.122. The van der Waals surface area contributed by atoms with E-state index in [0.29, 0.717) is 18.8 Å². The lowest BCUT2D eigenvalue weighted by Crippen LogP contribution is -2.32. The predicted octanol–water partition coefficient (Wildman–Crippen LogP) is 2.14. The van der Waals surface area contributed by atoms with Gasteiger partial charge in [0.15, 0.2) is 9.84 Å². The molecule has 1 saturated heterocycles. The first-order valence-electron chi connectivity index (χ1n) is 7.95. The van der Waals surface area contributed by atoms with Gasteiger partial charge in [0.1, 0.15) is 0 Å². The van der Waals surface area contributed by atoms with Crippen LogP contribution in [0, 0.1) is 17.8 Å². The minimum absolute atomic E-state index is 0.0321. The third-order valence-electron chi connectivity index (χ3n) is 4.93. The van der Waals surface area contributed by atoms with Crippen molar-refractivity contribution < 1.29 is 13.2 Å². The molecule has 1 heterocycles. The molecule has 4 nitrogen and oxygen atoms in total. The molecule has 0 bridgehead atoms. The standard InChI is InChI=1S/C15H27NO3S/c1-2-12-3-5-13(6-4-12)10-16-15(17)9-14-7-8-20(18,19)11-14/h12-14H,2-11H2,1H3,(H,16,17)/t12?,13?,14-/m1/s1. The maximum atomic E-state index is 11.9. The minimum Gasteiger partial charge on any atom is -0.356 e. The van der Waals surface area contributed by atoms with Gasteiger partial charge in [0.2, 0.25) is 5.91 Å². The molecule has 1 aliphatic heterocycles. The average Bonchev–Trinajstić information content (AvgIpc) is 2.76. The summed E-state index contributed by atoms with van der Waals surface area (Å²) in [5, 5.41) is 3.01. The number of carbonyl (C=O) groups excluding carboxylic acids is 1. The van der Waals surface area contributed by atoms with E-state index in [1.54, 1.807) is 0 Å². The summed E-state index contributed by atoms with van der Waals surface area (Å²) in [5.74, 6) is 2.02. The van der Waals surface area contributed by atoms with Gasteiger partial charge < -0.3 is 5.32 Å². The van der Waals surface area contributed by atoms with Crippen molar-refractivity contribution in [3.05, 3.63) is 0 Å². The van der Waals surface area contributed by atoms with E-state index in [4.69, 9.17) is 0 Å². The molecule has 0 aromatic rings. The number of carbonyl (C=O) groups is 1. The summed E-state index contributed by atoms with van der Waals surface area (Å²) in [5.41, 5.74) is 0. The normalized spacial score (nSPS) is 33.0. The summed E-state index contributed by atoms with van der Waals surface area (Å²) in [6.45, 7) is 3.02. The van der Waals surface area contributed by atoms with Crippen molar-refractivity contribution in [1.82, 2.24) is 5.32 Å². The van der Waals surface area contributed by atoms with Crippen LogP contribution in [0.1, 0.15) is 51.9 Å². The lowest BCUT2D eigenvalue weighted by Gasteiger charge is -2.27. The van der Waals surface area contributed by atoms with Gasteiger partial charge in [-0.05, 0) is 37.0 Å². The second-order valence-electron chi connectivity index (χ2n) is 6.57. The van der Waals surface area contributed by atoms with Gasteiger partial charge in [0, 0.05) is 13.0 Å². The Kier molecular flexibility index (Phi) is 5.47. The molecule has 0 aromatic carbocycles. The second kappa shape index (κ2) is 6.92. The van der Waals surface area contributed by atoms with E-state index in [2.05, 4.69) is 12.2 Å². The van der Waals surface area contributed by atoms with Gasteiger partial charge in [0.25, 0.3) is 0 Å². The topological polar surface area (TPSA) is 63.2 Å². The monoisotopic (exact) mass is 301 g/mol. The summed E-state index contributed by atoms with van der Waals surface area (Å²) < 4.78 is 22.7. The van der Waals surface area contributed by atoms with Crippen molar-refractivity contribution in [3.8, 4) is 0 Å². The predicted molar refractivity (Wildman–Crippen MR) is 80.1 cm³/mol. The fourth-order valence-corrected chi connectivity index (χ4v) is 5.33. The van der Waals surface area contributed by atoms with Crippen molar-refractivity contribution in [2.75, 3.05) is 18.1 Å². The van der Waals surface area contributed by atoms with Crippen molar-refractivity contribution in [2.45, 2.75) is 51.9 Å². The van der Waals surface area contributed by atoms with Gasteiger partial charge in [-0.25, -0.2) is 8.42 Å². The Morgan fingerprint density at radius 2 is 1.70 bits per heavy atom. The van der Waals surface area contributed by atoms with E-state index in [0.717, 1.165) is 12.5 Å². The summed E-state index contributed by atoms with van der Waals surface area (Å²) >= 11 is 0. The summed E-state index contributed by atoms with van der Waals surface area (Å²) in [4.78, 5) is 11.9. The Morgan fingerprint density at radius 3 is 2.25 bits per heavy atom. The zero-order valence-corrected chi connectivity index (χ0v) is 13.3. The first-order valence-corrected chi connectivity index (χ1v) is 9.77. The number of rotatable bonds is 5. The molecular weight excluding hydrogens is 274 g/mol. The molecule has 0 aromatic heterocycles. The van der Waals surface area contributed by atoms with Crippen molar-refractivity contribution in [2.24, 2.45) is 17.8 Å². The van der Waals surface area contributed by atoms with Gasteiger partial charge in [0.05, 0.1) is 11.5 Å². The maximum Gasteiger partial charge on any atom is 0.220 e. The molecule has 2 rings (SSSR count).